The Morgan fingerprint density at radius 3 is 2.16 bits per heavy atom. The molecule has 0 fully saturated rings. The van der Waals surface area contributed by atoms with Crippen LogP contribution in [0.4, 0.5) is 0 Å². The second kappa shape index (κ2) is 9.89. The fraction of sp³-hybridized carbons (Fsp3) is 0.300. The number of imidazole rings is 1. The van der Waals surface area contributed by atoms with E-state index in [0.29, 0.717) is 5.69 Å². The standard InChI is InChI=1S/C17H16N2O2.C2H6.CH4S/c1-11-3-6-13(7-4-11)17-14(9-16(20)21)19-10-12(2)5-8-15(19)18-17;2*1-2/h3-8,10H,9H2,1-2H3,(H,20,21);1-2H3;2H,1H3. The summed E-state index contributed by atoms with van der Waals surface area (Å²) >= 11 is 3.53. The predicted octanol–water partition coefficient (Wildman–Crippen LogP) is 4.82. The average molecular weight is 359 g/mol. The normalized spacial score (nSPS) is 9.68. The molecule has 4 nitrogen and oxygen atoms in total. The summed E-state index contributed by atoms with van der Waals surface area (Å²) in [6.45, 7) is 8.00. The average Bonchev–Trinajstić information content (AvgIpc) is 2.96. The lowest BCUT2D eigenvalue weighted by Crippen LogP contribution is -2.05. The van der Waals surface area contributed by atoms with Crippen molar-refractivity contribution in [1.82, 2.24) is 9.38 Å². The third-order valence-electron chi connectivity index (χ3n) is 3.51. The largest absolute Gasteiger partial charge is 0.481 e. The zero-order valence-corrected chi connectivity index (χ0v) is 16.3. The monoisotopic (exact) mass is 358 g/mol. The van der Waals surface area contributed by atoms with E-state index in [4.69, 9.17) is 0 Å². The maximum Gasteiger partial charge on any atom is 0.309 e. The minimum atomic E-state index is -0.855. The summed E-state index contributed by atoms with van der Waals surface area (Å²) in [5.41, 5.74) is 5.40. The number of carboxylic acid groups (broad SMARTS) is 1. The van der Waals surface area contributed by atoms with E-state index >= 15 is 0 Å². The first-order valence-electron chi connectivity index (χ1n) is 8.26. The molecule has 0 aliphatic rings. The molecule has 0 bridgehead atoms. The molecule has 0 spiro atoms. The van der Waals surface area contributed by atoms with Gasteiger partial charge in [-0.05, 0) is 31.7 Å². The molecular formula is C20H26N2O2S. The molecule has 2 heterocycles. The van der Waals surface area contributed by atoms with Gasteiger partial charge >= 0.3 is 5.97 Å². The number of carboxylic acids is 1. The van der Waals surface area contributed by atoms with Gasteiger partial charge in [0.05, 0.1) is 17.8 Å². The molecule has 1 N–H and O–H groups in total. The molecule has 134 valence electrons. The molecule has 25 heavy (non-hydrogen) atoms. The zero-order chi connectivity index (χ0) is 19.0. The molecule has 0 aliphatic heterocycles. The minimum Gasteiger partial charge on any atom is -0.481 e. The predicted molar refractivity (Wildman–Crippen MR) is 108 cm³/mol. The van der Waals surface area contributed by atoms with E-state index in [2.05, 4.69) is 17.6 Å². The van der Waals surface area contributed by atoms with Gasteiger partial charge in [-0.2, -0.15) is 12.6 Å². The molecular weight excluding hydrogens is 332 g/mol. The molecule has 0 unspecified atom stereocenters. The van der Waals surface area contributed by atoms with Crippen molar-refractivity contribution in [3.63, 3.8) is 0 Å². The number of aliphatic carboxylic acids is 1. The van der Waals surface area contributed by atoms with Crippen LogP contribution in [0.25, 0.3) is 16.9 Å². The van der Waals surface area contributed by atoms with Gasteiger partial charge < -0.3 is 9.51 Å². The summed E-state index contributed by atoms with van der Waals surface area (Å²) in [7, 11) is 0. The van der Waals surface area contributed by atoms with Crippen molar-refractivity contribution in [1.29, 1.82) is 0 Å². The van der Waals surface area contributed by atoms with E-state index in [1.54, 1.807) is 6.26 Å². The van der Waals surface area contributed by atoms with Gasteiger partial charge in [-0.1, -0.05) is 49.7 Å². The maximum absolute atomic E-state index is 11.2. The number of thiol groups is 1. The SMILES string of the molecule is CC.CS.Cc1ccc(-c2nc3ccc(C)cn3c2CC(=O)O)cc1. The van der Waals surface area contributed by atoms with Gasteiger partial charge in [0, 0.05) is 11.8 Å². The van der Waals surface area contributed by atoms with E-state index in [1.165, 1.54) is 0 Å². The number of fused-ring (bicyclic) bond motifs is 1. The van der Waals surface area contributed by atoms with Crippen LogP contribution < -0.4 is 0 Å². The van der Waals surface area contributed by atoms with E-state index in [0.717, 1.165) is 28.0 Å². The quantitative estimate of drug-likeness (QED) is 0.660. The van der Waals surface area contributed by atoms with Crippen LogP contribution in [-0.4, -0.2) is 26.7 Å². The second-order valence-corrected chi connectivity index (χ2v) is 5.28. The Hall–Kier alpha value is -2.27. The first kappa shape index (κ1) is 20.8. The zero-order valence-electron chi connectivity index (χ0n) is 15.4. The van der Waals surface area contributed by atoms with E-state index in [1.807, 2.05) is 74.7 Å². The summed E-state index contributed by atoms with van der Waals surface area (Å²) in [5, 5.41) is 9.19. The number of benzene rings is 1. The van der Waals surface area contributed by atoms with Crippen LogP contribution in [0.15, 0.2) is 42.6 Å². The van der Waals surface area contributed by atoms with Gasteiger partial charge in [-0.25, -0.2) is 4.98 Å². The fourth-order valence-electron chi connectivity index (χ4n) is 2.45. The number of aromatic nitrogens is 2. The first-order valence-corrected chi connectivity index (χ1v) is 9.15. The molecule has 3 rings (SSSR count). The summed E-state index contributed by atoms with van der Waals surface area (Å²) in [6.07, 6.45) is 3.58. The number of aryl methyl sites for hydroxylation is 2. The second-order valence-electron chi connectivity index (χ2n) is 5.28. The van der Waals surface area contributed by atoms with E-state index in [9.17, 15) is 9.90 Å². The highest BCUT2D eigenvalue weighted by atomic mass is 32.1. The van der Waals surface area contributed by atoms with Gasteiger partial charge in [-0.15, -0.1) is 0 Å². The van der Waals surface area contributed by atoms with Crippen LogP contribution in [0.1, 0.15) is 30.7 Å². The number of nitrogens with zero attached hydrogens (tertiary/aromatic N) is 2. The lowest BCUT2D eigenvalue weighted by molar-refractivity contribution is -0.136. The highest BCUT2D eigenvalue weighted by Gasteiger charge is 2.16. The highest BCUT2D eigenvalue weighted by molar-refractivity contribution is 7.79. The first-order chi connectivity index (χ1) is 12.0. The van der Waals surface area contributed by atoms with Crippen molar-refractivity contribution in [2.75, 3.05) is 6.26 Å². The Kier molecular flexibility index (Phi) is 8.22. The molecule has 5 heteroatoms. The summed E-state index contributed by atoms with van der Waals surface area (Å²) in [4.78, 5) is 15.8. The lowest BCUT2D eigenvalue weighted by atomic mass is 10.1. The van der Waals surface area contributed by atoms with Gasteiger partial charge in [0.15, 0.2) is 0 Å². The number of hydrogen-bond donors (Lipinski definition) is 2. The molecule has 0 radical (unpaired) electrons. The lowest BCUT2D eigenvalue weighted by Gasteiger charge is -2.04. The van der Waals surface area contributed by atoms with Crippen molar-refractivity contribution in [3.05, 3.63) is 59.4 Å². The molecule has 0 saturated heterocycles. The van der Waals surface area contributed by atoms with Crippen LogP contribution >= 0.6 is 12.6 Å². The maximum atomic E-state index is 11.2. The molecule has 1 aromatic carbocycles. The topological polar surface area (TPSA) is 54.6 Å². The number of carbonyl (C=O) groups is 1. The Morgan fingerprint density at radius 1 is 1.04 bits per heavy atom. The molecule has 0 aliphatic carbocycles. The van der Waals surface area contributed by atoms with Crippen molar-refractivity contribution in [3.8, 4) is 11.3 Å². The smallest absolute Gasteiger partial charge is 0.309 e. The van der Waals surface area contributed by atoms with Crippen LogP contribution in [0.5, 0.6) is 0 Å². The van der Waals surface area contributed by atoms with Gasteiger partial charge in [0.1, 0.15) is 5.65 Å². The summed E-state index contributed by atoms with van der Waals surface area (Å²) in [6, 6.07) is 11.9. The fourth-order valence-corrected chi connectivity index (χ4v) is 2.45. The van der Waals surface area contributed by atoms with Crippen LogP contribution in [-0.2, 0) is 11.2 Å². The summed E-state index contributed by atoms with van der Waals surface area (Å²) in [5.74, 6) is -0.855. The van der Waals surface area contributed by atoms with Crippen molar-refractivity contribution < 1.29 is 9.90 Å². The van der Waals surface area contributed by atoms with Crippen LogP contribution in [0.3, 0.4) is 0 Å². The molecule has 0 saturated carbocycles. The Bertz CT molecular complexity index is 824. The third kappa shape index (κ3) is 5.10. The molecule has 3 aromatic rings. The number of pyridine rings is 1. The minimum absolute atomic E-state index is 0.0478. The van der Waals surface area contributed by atoms with Gasteiger partial charge in [0.25, 0.3) is 0 Å². The Labute approximate surface area is 155 Å². The summed E-state index contributed by atoms with van der Waals surface area (Å²) < 4.78 is 1.87. The highest BCUT2D eigenvalue weighted by Crippen LogP contribution is 2.25. The van der Waals surface area contributed by atoms with Crippen molar-refractivity contribution >= 4 is 24.2 Å². The van der Waals surface area contributed by atoms with E-state index in [-0.39, 0.29) is 6.42 Å². The third-order valence-corrected chi connectivity index (χ3v) is 3.51. The Balaban J connectivity index is 0.000000730. The van der Waals surface area contributed by atoms with E-state index < -0.39 is 5.97 Å². The molecule has 2 aromatic heterocycles. The van der Waals surface area contributed by atoms with Gasteiger partial charge in [-0.3, -0.25) is 4.79 Å². The van der Waals surface area contributed by atoms with Crippen LogP contribution in [0.2, 0.25) is 0 Å². The van der Waals surface area contributed by atoms with Crippen molar-refractivity contribution in [2.45, 2.75) is 34.1 Å². The van der Waals surface area contributed by atoms with Crippen molar-refractivity contribution in [2.24, 2.45) is 0 Å². The number of rotatable bonds is 3. The number of hydrogen-bond acceptors (Lipinski definition) is 3. The Morgan fingerprint density at radius 2 is 1.60 bits per heavy atom. The van der Waals surface area contributed by atoms with Gasteiger partial charge in [0.2, 0.25) is 0 Å². The molecule has 0 atom stereocenters. The van der Waals surface area contributed by atoms with Crippen LogP contribution in [0, 0.1) is 13.8 Å². The molecule has 0 amide bonds.